The summed E-state index contributed by atoms with van der Waals surface area (Å²) in [5.74, 6) is -1.24. The molecule has 0 aromatic heterocycles. The first-order valence-corrected chi connectivity index (χ1v) is 12.8. The summed E-state index contributed by atoms with van der Waals surface area (Å²) in [6.45, 7) is 2.71. The lowest BCUT2D eigenvalue weighted by Gasteiger charge is -2.33. The van der Waals surface area contributed by atoms with Crippen molar-refractivity contribution in [1.29, 1.82) is 0 Å². The van der Waals surface area contributed by atoms with Gasteiger partial charge >= 0.3 is 6.18 Å². The van der Waals surface area contributed by atoms with Crippen LogP contribution < -0.4 is 9.62 Å². The van der Waals surface area contributed by atoms with Crippen molar-refractivity contribution in [2.45, 2.75) is 39.0 Å². The van der Waals surface area contributed by atoms with Crippen LogP contribution in [0.2, 0.25) is 5.02 Å². The number of hydrogen-bond acceptors (Lipinski definition) is 4. The third-order valence-corrected chi connectivity index (χ3v) is 6.77. The standard InChI is InChI=1S/C23H27ClF3N3O4S/c1-5-19(22(32)28-3)29(13-16-8-6-15(2)7-9-16)21(31)14-30(35(4,33)34)20-12-17(23(25,26)27)10-11-18(20)24/h6-12,19H,5,13-14H2,1-4H3,(H,28,32)/t19-/m0/s1. The molecule has 2 aromatic carbocycles. The lowest BCUT2D eigenvalue weighted by Crippen LogP contribution is -2.51. The summed E-state index contributed by atoms with van der Waals surface area (Å²) in [7, 11) is -2.83. The second-order valence-corrected chi connectivity index (χ2v) is 10.3. The minimum atomic E-state index is -4.75. The summed E-state index contributed by atoms with van der Waals surface area (Å²) in [5, 5.41) is 2.21. The van der Waals surface area contributed by atoms with Crippen molar-refractivity contribution < 1.29 is 31.2 Å². The average molecular weight is 534 g/mol. The molecule has 0 saturated carbocycles. The van der Waals surface area contributed by atoms with Crippen molar-refractivity contribution >= 4 is 39.1 Å². The number of sulfonamides is 1. The number of anilines is 1. The van der Waals surface area contributed by atoms with E-state index in [1.807, 2.05) is 19.1 Å². The van der Waals surface area contributed by atoms with E-state index in [-0.39, 0.29) is 18.0 Å². The fraction of sp³-hybridized carbons (Fsp3) is 0.391. The number of amides is 2. The normalized spacial score (nSPS) is 12.7. The number of nitrogens with one attached hydrogen (secondary N) is 1. The molecule has 0 saturated heterocycles. The number of aryl methyl sites for hydroxylation is 1. The summed E-state index contributed by atoms with van der Waals surface area (Å²) in [6.07, 6.45) is -3.77. The summed E-state index contributed by atoms with van der Waals surface area (Å²) < 4.78 is 65.5. The molecule has 0 unspecified atom stereocenters. The molecule has 2 amide bonds. The van der Waals surface area contributed by atoms with Crippen molar-refractivity contribution in [3.05, 3.63) is 64.2 Å². The Morgan fingerprint density at radius 1 is 1.11 bits per heavy atom. The van der Waals surface area contributed by atoms with Gasteiger partial charge in [0.05, 0.1) is 22.5 Å². The van der Waals surface area contributed by atoms with Gasteiger partial charge in [-0.05, 0) is 37.1 Å². The lowest BCUT2D eigenvalue weighted by molar-refractivity contribution is -0.140. The predicted octanol–water partition coefficient (Wildman–Crippen LogP) is 3.99. The SMILES string of the molecule is CC[C@@H](C(=O)NC)N(Cc1ccc(C)cc1)C(=O)CN(c1cc(C(F)(F)F)ccc1Cl)S(C)(=O)=O. The maximum Gasteiger partial charge on any atom is 0.416 e. The summed E-state index contributed by atoms with van der Waals surface area (Å²) in [4.78, 5) is 27.2. The molecule has 35 heavy (non-hydrogen) atoms. The Morgan fingerprint density at radius 3 is 2.20 bits per heavy atom. The van der Waals surface area contributed by atoms with Crippen molar-refractivity contribution in [1.82, 2.24) is 10.2 Å². The van der Waals surface area contributed by atoms with Crippen LogP contribution in [0.1, 0.15) is 30.0 Å². The molecule has 1 atom stereocenters. The Morgan fingerprint density at radius 2 is 1.71 bits per heavy atom. The Bertz CT molecular complexity index is 1170. The molecule has 0 heterocycles. The monoisotopic (exact) mass is 533 g/mol. The third-order valence-electron chi connectivity index (χ3n) is 5.33. The van der Waals surface area contributed by atoms with Gasteiger partial charge in [-0.25, -0.2) is 8.42 Å². The number of carbonyl (C=O) groups excluding carboxylic acids is 2. The lowest BCUT2D eigenvalue weighted by atomic mass is 10.1. The zero-order valence-electron chi connectivity index (χ0n) is 19.7. The molecule has 7 nitrogen and oxygen atoms in total. The number of rotatable bonds is 9. The van der Waals surface area contributed by atoms with E-state index in [1.165, 1.54) is 11.9 Å². The first kappa shape index (κ1) is 28.4. The van der Waals surface area contributed by atoms with E-state index in [4.69, 9.17) is 11.6 Å². The largest absolute Gasteiger partial charge is 0.416 e. The zero-order chi connectivity index (χ0) is 26.6. The summed E-state index contributed by atoms with van der Waals surface area (Å²) >= 11 is 6.05. The highest BCUT2D eigenvalue weighted by Gasteiger charge is 2.35. The molecular weight excluding hydrogens is 507 g/mol. The number of carbonyl (C=O) groups is 2. The maximum atomic E-state index is 13.4. The quantitative estimate of drug-likeness (QED) is 0.528. The topological polar surface area (TPSA) is 86.8 Å². The van der Waals surface area contributed by atoms with Crippen LogP contribution in [0, 0.1) is 6.92 Å². The Hall–Kier alpha value is -2.79. The average Bonchev–Trinajstić information content (AvgIpc) is 2.77. The molecule has 0 fully saturated rings. The van der Waals surface area contributed by atoms with Crippen LogP contribution in [0.5, 0.6) is 0 Å². The van der Waals surface area contributed by atoms with Crippen molar-refractivity contribution in [3.8, 4) is 0 Å². The fourth-order valence-electron chi connectivity index (χ4n) is 3.45. The minimum absolute atomic E-state index is 0.0149. The number of nitrogens with zero attached hydrogens (tertiary/aromatic N) is 2. The van der Waals surface area contributed by atoms with Crippen LogP contribution in [-0.4, -0.2) is 51.0 Å². The molecule has 0 spiro atoms. The van der Waals surface area contributed by atoms with Crippen molar-refractivity contribution in [3.63, 3.8) is 0 Å². The van der Waals surface area contributed by atoms with E-state index in [0.717, 1.165) is 24.0 Å². The van der Waals surface area contributed by atoms with Gasteiger partial charge in [-0.15, -0.1) is 0 Å². The Kier molecular flexibility index (Phi) is 9.18. The van der Waals surface area contributed by atoms with Crippen molar-refractivity contribution in [2.24, 2.45) is 0 Å². The Labute approximate surface area is 207 Å². The molecule has 0 aliphatic carbocycles. The second-order valence-electron chi connectivity index (χ2n) is 7.98. The molecule has 1 N–H and O–H groups in total. The molecule has 0 aliphatic heterocycles. The minimum Gasteiger partial charge on any atom is -0.357 e. The van der Waals surface area contributed by atoms with Crippen molar-refractivity contribution in [2.75, 3.05) is 24.2 Å². The number of benzene rings is 2. The number of hydrogen-bond donors (Lipinski definition) is 1. The number of likely N-dealkylation sites (N-methyl/N-ethyl adjacent to an activating group) is 1. The molecule has 0 radical (unpaired) electrons. The molecule has 192 valence electrons. The highest BCUT2D eigenvalue weighted by atomic mass is 35.5. The van der Waals surface area contributed by atoms with Gasteiger partial charge in [-0.1, -0.05) is 48.4 Å². The van der Waals surface area contributed by atoms with Gasteiger partial charge < -0.3 is 10.2 Å². The van der Waals surface area contributed by atoms with Gasteiger partial charge in [-0.3, -0.25) is 13.9 Å². The first-order chi connectivity index (χ1) is 16.2. The van der Waals surface area contributed by atoms with E-state index in [2.05, 4.69) is 5.32 Å². The van der Waals surface area contributed by atoms with Gasteiger partial charge in [0.1, 0.15) is 12.6 Å². The van der Waals surface area contributed by atoms with E-state index in [1.54, 1.807) is 19.1 Å². The van der Waals surface area contributed by atoms with E-state index in [9.17, 15) is 31.2 Å². The number of halogens is 4. The fourth-order valence-corrected chi connectivity index (χ4v) is 4.57. The van der Waals surface area contributed by atoms with Gasteiger partial charge in [-0.2, -0.15) is 13.2 Å². The molecule has 12 heteroatoms. The highest BCUT2D eigenvalue weighted by molar-refractivity contribution is 7.92. The van der Waals surface area contributed by atoms with Gasteiger partial charge in [0.15, 0.2) is 0 Å². The smallest absolute Gasteiger partial charge is 0.357 e. The summed E-state index contributed by atoms with van der Waals surface area (Å²) in [5.41, 5.74) is 0.0636. The summed E-state index contributed by atoms with van der Waals surface area (Å²) in [6, 6.07) is 8.47. The predicted molar refractivity (Wildman–Crippen MR) is 129 cm³/mol. The first-order valence-electron chi connectivity index (χ1n) is 10.6. The van der Waals surface area contributed by atoms with Crippen LogP contribution in [0.15, 0.2) is 42.5 Å². The molecule has 0 bridgehead atoms. The third kappa shape index (κ3) is 7.35. The van der Waals surface area contributed by atoms with Crippen LogP contribution in [0.4, 0.5) is 18.9 Å². The van der Waals surface area contributed by atoms with Gasteiger partial charge in [0, 0.05) is 13.6 Å². The van der Waals surface area contributed by atoms with Crippen LogP contribution in [0.25, 0.3) is 0 Å². The van der Waals surface area contributed by atoms with Gasteiger partial charge in [0.25, 0.3) is 0 Å². The van der Waals surface area contributed by atoms with Gasteiger partial charge in [0.2, 0.25) is 21.8 Å². The van der Waals surface area contributed by atoms with E-state index >= 15 is 0 Å². The van der Waals surface area contributed by atoms with E-state index < -0.39 is 51.9 Å². The molecule has 2 rings (SSSR count). The van der Waals surface area contributed by atoms with E-state index in [0.29, 0.717) is 15.9 Å². The molecule has 2 aromatic rings. The van der Waals surface area contributed by atoms with Crippen LogP contribution in [0.3, 0.4) is 0 Å². The Balaban J connectivity index is 2.52. The molecular formula is C23H27ClF3N3O4S. The highest BCUT2D eigenvalue weighted by Crippen LogP contribution is 2.36. The second kappa shape index (κ2) is 11.3. The van der Waals surface area contributed by atoms with Crippen LogP contribution >= 0.6 is 11.6 Å². The zero-order valence-corrected chi connectivity index (χ0v) is 21.3. The maximum absolute atomic E-state index is 13.4. The van der Waals surface area contributed by atoms with Crippen LogP contribution in [-0.2, 0) is 32.3 Å². The molecule has 0 aliphatic rings. The number of alkyl halides is 3.